The largest absolute Gasteiger partial charge is 0.450 e. The number of nitrogens with zero attached hydrogens (tertiary/aromatic N) is 2. The second-order valence-electron chi connectivity index (χ2n) is 7.17. The predicted octanol–water partition coefficient (Wildman–Crippen LogP) is 2.53. The van der Waals surface area contributed by atoms with Crippen LogP contribution < -0.4 is 16.2 Å². The third-order valence-electron chi connectivity index (χ3n) is 4.76. The summed E-state index contributed by atoms with van der Waals surface area (Å²) in [6.45, 7) is 2.26. The van der Waals surface area contributed by atoms with Gasteiger partial charge in [-0.25, -0.2) is 9.48 Å². The molecule has 1 heterocycles. The molecule has 9 heteroatoms. The topological polar surface area (TPSA) is 123 Å². The molecule has 0 atom stereocenters. The Hall–Kier alpha value is -3.98. The minimum Gasteiger partial charge on any atom is -0.450 e. The maximum Gasteiger partial charge on any atom is 0.411 e. The summed E-state index contributed by atoms with van der Waals surface area (Å²) in [5.41, 5.74) is 3.27. The Morgan fingerprint density at radius 1 is 1.09 bits per heavy atom. The van der Waals surface area contributed by atoms with Gasteiger partial charge in [0.25, 0.3) is 5.56 Å². The van der Waals surface area contributed by atoms with Gasteiger partial charge in [0.1, 0.15) is 0 Å². The van der Waals surface area contributed by atoms with Crippen LogP contribution in [0.3, 0.4) is 0 Å². The van der Waals surface area contributed by atoms with E-state index in [0.717, 1.165) is 16.7 Å². The molecule has 3 aromatic rings. The number of aromatic nitrogens is 2. The maximum atomic E-state index is 12.5. The van der Waals surface area contributed by atoms with Gasteiger partial charge in [0, 0.05) is 30.3 Å². The third kappa shape index (κ3) is 6.75. The van der Waals surface area contributed by atoms with Crippen molar-refractivity contribution in [1.29, 1.82) is 0 Å². The van der Waals surface area contributed by atoms with Gasteiger partial charge in [-0.15, -0.1) is 0 Å². The Kier molecular flexibility index (Phi) is 8.31. The minimum absolute atomic E-state index is 0.0371. The molecule has 0 saturated carbocycles. The number of anilines is 1. The number of benzene rings is 2. The molecule has 3 rings (SSSR count). The van der Waals surface area contributed by atoms with E-state index in [1.54, 1.807) is 31.2 Å². The highest BCUT2D eigenvalue weighted by Crippen LogP contribution is 2.21. The molecule has 172 valence electrons. The Balaban J connectivity index is 1.82. The van der Waals surface area contributed by atoms with Crippen LogP contribution >= 0.6 is 0 Å². The monoisotopic (exact) mass is 450 g/mol. The number of ether oxygens (including phenoxy) is 1. The highest BCUT2D eigenvalue weighted by Gasteiger charge is 2.10. The summed E-state index contributed by atoms with van der Waals surface area (Å²) in [5, 5.41) is 18.8. The zero-order chi connectivity index (χ0) is 23.6. The van der Waals surface area contributed by atoms with E-state index in [9.17, 15) is 14.4 Å². The molecule has 9 nitrogen and oxygen atoms in total. The van der Waals surface area contributed by atoms with Gasteiger partial charge in [-0.1, -0.05) is 36.4 Å². The van der Waals surface area contributed by atoms with E-state index in [-0.39, 0.29) is 44.2 Å². The Morgan fingerprint density at radius 3 is 2.70 bits per heavy atom. The number of hydrogen-bond donors (Lipinski definition) is 3. The molecule has 0 aliphatic carbocycles. The van der Waals surface area contributed by atoms with Crippen LogP contribution in [0.4, 0.5) is 10.5 Å². The van der Waals surface area contributed by atoms with Crippen LogP contribution in [0.2, 0.25) is 0 Å². The van der Waals surface area contributed by atoms with Crippen molar-refractivity contribution in [1.82, 2.24) is 15.1 Å². The van der Waals surface area contributed by atoms with Crippen molar-refractivity contribution >= 4 is 17.7 Å². The summed E-state index contributed by atoms with van der Waals surface area (Å²) in [4.78, 5) is 35.8. The lowest BCUT2D eigenvalue weighted by molar-refractivity contribution is -0.121. The smallest absolute Gasteiger partial charge is 0.411 e. The molecule has 0 radical (unpaired) electrons. The number of aliphatic hydroxyl groups is 1. The molecule has 0 aliphatic heterocycles. The lowest BCUT2D eigenvalue weighted by atomic mass is 10.0. The number of aliphatic hydroxyl groups excluding tert-OH is 1. The van der Waals surface area contributed by atoms with Crippen molar-refractivity contribution in [2.24, 2.45) is 0 Å². The summed E-state index contributed by atoms with van der Waals surface area (Å²) < 4.78 is 6.24. The number of amides is 2. The molecule has 0 bridgehead atoms. The molecule has 0 spiro atoms. The van der Waals surface area contributed by atoms with E-state index in [1.807, 2.05) is 30.3 Å². The SMILES string of the molecule is CCOC(=O)Nc1cccc(Cn2nc(-c3ccccc3CNC(=O)CCO)ccc2=O)c1. The second kappa shape index (κ2) is 11.6. The van der Waals surface area contributed by atoms with Crippen molar-refractivity contribution in [2.75, 3.05) is 18.5 Å². The Bertz CT molecular complexity index is 1180. The normalized spacial score (nSPS) is 10.5. The van der Waals surface area contributed by atoms with Crippen molar-refractivity contribution in [3.63, 3.8) is 0 Å². The van der Waals surface area contributed by atoms with E-state index < -0.39 is 6.09 Å². The van der Waals surface area contributed by atoms with E-state index >= 15 is 0 Å². The lowest BCUT2D eigenvalue weighted by Gasteiger charge is -2.12. The highest BCUT2D eigenvalue weighted by molar-refractivity contribution is 5.84. The highest BCUT2D eigenvalue weighted by atomic mass is 16.5. The first-order valence-corrected chi connectivity index (χ1v) is 10.6. The van der Waals surface area contributed by atoms with Gasteiger partial charge in [-0.05, 0) is 36.2 Å². The molecule has 2 aromatic carbocycles. The summed E-state index contributed by atoms with van der Waals surface area (Å²) in [6, 6.07) is 17.6. The molecule has 2 amide bonds. The van der Waals surface area contributed by atoms with Crippen LogP contribution in [-0.2, 0) is 22.6 Å². The maximum absolute atomic E-state index is 12.5. The van der Waals surface area contributed by atoms with Crippen LogP contribution in [0.1, 0.15) is 24.5 Å². The zero-order valence-corrected chi connectivity index (χ0v) is 18.3. The van der Waals surface area contributed by atoms with E-state index in [4.69, 9.17) is 9.84 Å². The zero-order valence-electron chi connectivity index (χ0n) is 18.3. The van der Waals surface area contributed by atoms with Crippen LogP contribution in [-0.4, -0.2) is 40.1 Å². The van der Waals surface area contributed by atoms with Gasteiger partial charge in [-0.3, -0.25) is 14.9 Å². The molecule has 1 aromatic heterocycles. The molecule has 0 saturated heterocycles. The van der Waals surface area contributed by atoms with Crippen molar-refractivity contribution in [2.45, 2.75) is 26.4 Å². The molecule has 3 N–H and O–H groups in total. The Morgan fingerprint density at radius 2 is 1.91 bits per heavy atom. The summed E-state index contributed by atoms with van der Waals surface area (Å²) >= 11 is 0. The number of nitrogens with one attached hydrogen (secondary N) is 2. The van der Waals surface area contributed by atoms with Crippen LogP contribution in [0.5, 0.6) is 0 Å². The first-order chi connectivity index (χ1) is 16.0. The number of hydrogen-bond acceptors (Lipinski definition) is 6. The second-order valence-corrected chi connectivity index (χ2v) is 7.17. The van der Waals surface area contributed by atoms with Crippen LogP contribution in [0.25, 0.3) is 11.3 Å². The third-order valence-corrected chi connectivity index (χ3v) is 4.76. The quantitative estimate of drug-likeness (QED) is 0.460. The predicted molar refractivity (Wildman–Crippen MR) is 124 cm³/mol. The average Bonchev–Trinajstić information content (AvgIpc) is 2.80. The van der Waals surface area contributed by atoms with Gasteiger partial charge in [-0.2, -0.15) is 5.10 Å². The van der Waals surface area contributed by atoms with Gasteiger partial charge in [0.05, 0.1) is 25.5 Å². The first kappa shape index (κ1) is 23.7. The summed E-state index contributed by atoms with van der Waals surface area (Å²) in [6.07, 6.45) is -0.510. The fourth-order valence-electron chi connectivity index (χ4n) is 3.22. The Labute approximate surface area is 191 Å². The van der Waals surface area contributed by atoms with Crippen LogP contribution in [0.15, 0.2) is 65.5 Å². The molecule has 0 fully saturated rings. The minimum atomic E-state index is -0.547. The first-order valence-electron chi connectivity index (χ1n) is 10.6. The summed E-state index contributed by atoms with van der Waals surface area (Å²) in [5.74, 6) is -0.249. The van der Waals surface area contributed by atoms with Crippen molar-refractivity contribution < 1.29 is 19.4 Å². The lowest BCUT2D eigenvalue weighted by Crippen LogP contribution is -2.24. The van der Waals surface area contributed by atoms with Gasteiger partial charge < -0.3 is 15.2 Å². The molecular weight excluding hydrogens is 424 g/mol. The average molecular weight is 450 g/mol. The number of carbonyl (C=O) groups is 2. The van der Waals surface area contributed by atoms with Gasteiger partial charge in [0.15, 0.2) is 0 Å². The van der Waals surface area contributed by atoms with E-state index in [0.29, 0.717) is 11.4 Å². The van der Waals surface area contributed by atoms with Gasteiger partial charge >= 0.3 is 6.09 Å². The van der Waals surface area contributed by atoms with E-state index in [2.05, 4.69) is 15.7 Å². The molecular formula is C24H26N4O5. The molecule has 33 heavy (non-hydrogen) atoms. The summed E-state index contributed by atoms with van der Waals surface area (Å²) in [7, 11) is 0. The number of rotatable bonds is 9. The fourth-order valence-corrected chi connectivity index (χ4v) is 3.22. The standard InChI is InChI=1S/C24H26N4O5/c1-2-33-24(32)26-19-8-5-6-17(14-19)16-28-23(31)11-10-21(27-28)20-9-4-3-7-18(20)15-25-22(30)12-13-29/h3-11,14,29H,2,12-13,15-16H2,1H3,(H,25,30)(H,26,32). The van der Waals surface area contributed by atoms with Crippen molar-refractivity contribution in [3.05, 3.63) is 82.1 Å². The van der Waals surface area contributed by atoms with Crippen molar-refractivity contribution in [3.8, 4) is 11.3 Å². The molecule has 0 unspecified atom stereocenters. The van der Waals surface area contributed by atoms with Gasteiger partial charge in [0.2, 0.25) is 5.91 Å². The fraction of sp³-hybridized carbons (Fsp3) is 0.250. The van der Waals surface area contributed by atoms with Crippen LogP contribution in [0, 0.1) is 0 Å². The number of carbonyl (C=O) groups excluding carboxylic acids is 2. The van der Waals surface area contributed by atoms with E-state index in [1.165, 1.54) is 10.7 Å². The molecule has 0 aliphatic rings.